The monoisotopic (exact) mass is 327 g/mol. The van der Waals surface area contributed by atoms with Crippen LogP contribution in [0.2, 0.25) is 0 Å². The Bertz CT molecular complexity index is 753. The van der Waals surface area contributed by atoms with Crippen LogP contribution in [0.3, 0.4) is 0 Å². The van der Waals surface area contributed by atoms with Gasteiger partial charge in [0.15, 0.2) is 5.82 Å². The Labute approximate surface area is 140 Å². The molecule has 0 atom stereocenters. The normalized spacial score (nSPS) is 18.6. The molecule has 24 heavy (non-hydrogen) atoms. The van der Waals surface area contributed by atoms with Gasteiger partial charge >= 0.3 is 6.03 Å². The Morgan fingerprint density at radius 3 is 2.88 bits per heavy atom. The van der Waals surface area contributed by atoms with Gasteiger partial charge in [0.25, 0.3) is 0 Å². The SMILES string of the molecule is NC1(c2noc(CNC(=O)N3CCc4ccccc4C3)n2)CCC1. The third-order valence-corrected chi connectivity index (χ3v) is 4.97. The topological polar surface area (TPSA) is 97.3 Å². The van der Waals surface area contributed by atoms with Crippen molar-refractivity contribution in [3.63, 3.8) is 0 Å². The maximum Gasteiger partial charge on any atom is 0.318 e. The van der Waals surface area contributed by atoms with Crippen molar-refractivity contribution in [2.75, 3.05) is 6.54 Å². The van der Waals surface area contributed by atoms with Crippen LogP contribution in [0.5, 0.6) is 0 Å². The third kappa shape index (κ3) is 2.75. The molecule has 1 aliphatic heterocycles. The van der Waals surface area contributed by atoms with E-state index in [-0.39, 0.29) is 12.6 Å². The molecule has 0 unspecified atom stereocenters. The molecule has 7 nitrogen and oxygen atoms in total. The molecule has 3 N–H and O–H groups in total. The smallest absolute Gasteiger partial charge is 0.318 e. The van der Waals surface area contributed by atoms with Crippen LogP contribution in [0.15, 0.2) is 28.8 Å². The second kappa shape index (κ2) is 5.90. The van der Waals surface area contributed by atoms with Crippen LogP contribution in [0.4, 0.5) is 4.79 Å². The van der Waals surface area contributed by atoms with Crippen molar-refractivity contribution in [1.82, 2.24) is 20.4 Å². The molecule has 126 valence electrons. The predicted octanol–water partition coefficient (Wildman–Crippen LogP) is 1.68. The number of aromatic nitrogens is 2. The zero-order valence-electron chi connectivity index (χ0n) is 13.5. The van der Waals surface area contributed by atoms with Crippen LogP contribution in [0, 0.1) is 0 Å². The lowest BCUT2D eigenvalue weighted by atomic mass is 9.77. The van der Waals surface area contributed by atoms with Crippen molar-refractivity contribution < 1.29 is 9.32 Å². The maximum atomic E-state index is 12.4. The molecule has 1 aliphatic carbocycles. The minimum atomic E-state index is -0.442. The molecule has 1 aromatic carbocycles. The fourth-order valence-electron chi connectivity index (χ4n) is 3.24. The average Bonchev–Trinajstić information content (AvgIpc) is 3.06. The van der Waals surface area contributed by atoms with Crippen LogP contribution < -0.4 is 11.1 Å². The number of hydrogen-bond acceptors (Lipinski definition) is 5. The lowest BCUT2D eigenvalue weighted by molar-refractivity contribution is 0.190. The van der Waals surface area contributed by atoms with Gasteiger partial charge in [-0.2, -0.15) is 4.98 Å². The van der Waals surface area contributed by atoms with Crippen molar-refractivity contribution >= 4 is 6.03 Å². The van der Waals surface area contributed by atoms with E-state index in [1.54, 1.807) is 4.90 Å². The number of amides is 2. The summed E-state index contributed by atoms with van der Waals surface area (Å²) in [5, 5.41) is 6.80. The average molecular weight is 327 g/mol. The summed E-state index contributed by atoms with van der Waals surface area (Å²) in [6.45, 7) is 1.56. The Kier molecular flexibility index (Phi) is 3.72. The summed E-state index contributed by atoms with van der Waals surface area (Å²) in [6, 6.07) is 8.11. The molecular formula is C17H21N5O2. The molecule has 0 bridgehead atoms. The summed E-state index contributed by atoms with van der Waals surface area (Å²) in [5.41, 5.74) is 8.25. The fraction of sp³-hybridized carbons (Fsp3) is 0.471. The minimum Gasteiger partial charge on any atom is -0.337 e. The lowest BCUT2D eigenvalue weighted by Crippen LogP contribution is -2.44. The lowest BCUT2D eigenvalue weighted by Gasteiger charge is -2.34. The van der Waals surface area contributed by atoms with Gasteiger partial charge in [0, 0.05) is 13.1 Å². The van der Waals surface area contributed by atoms with E-state index in [2.05, 4.69) is 27.6 Å². The highest BCUT2D eigenvalue weighted by molar-refractivity contribution is 5.74. The van der Waals surface area contributed by atoms with E-state index in [1.165, 1.54) is 11.1 Å². The molecule has 1 aromatic heterocycles. The van der Waals surface area contributed by atoms with Crippen molar-refractivity contribution in [3.05, 3.63) is 47.1 Å². The van der Waals surface area contributed by atoms with Crippen LogP contribution in [-0.4, -0.2) is 27.6 Å². The highest BCUT2D eigenvalue weighted by atomic mass is 16.5. The Balaban J connectivity index is 1.34. The molecule has 0 radical (unpaired) electrons. The van der Waals surface area contributed by atoms with Gasteiger partial charge in [-0.25, -0.2) is 4.79 Å². The van der Waals surface area contributed by atoms with Gasteiger partial charge in [0.05, 0.1) is 12.1 Å². The number of nitrogens with zero attached hydrogens (tertiary/aromatic N) is 3. The largest absolute Gasteiger partial charge is 0.337 e. The zero-order chi connectivity index (χ0) is 16.6. The molecule has 2 amide bonds. The number of carbonyl (C=O) groups excluding carboxylic acids is 1. The number of benzene rings is 1. The van der Waals surface area contributed by atoms with Gasteiger partial charge in [-0.1, -0.05) is 29.4 Å². The molecular weight excluding hydrogens is 306 g/mol. The molecule has 4 rings (SSSR count). The van der Waals surface area contributed by atoms with E-state index in [9.17, 15) is 4.79 Å². The molecule has 2 aliphatic rings. The molecule has 2 aromatic rings. The quantitative estimate of drug-likeness (QED) is 0.894. The van der Waals surface area contributed by atoms with Gasteiger partial charge in [-0.05, 0) is 36.8 Å². The van der Waals surface area contributed by atoms with Crippen LogP contribution in [0.25, 0.3) is 0 Å². The van der Waals surface area contributed by atoms with E-state index in [0.29, 0.717) is 24.8 Å². The van der Waals surface area contributed by atoms with Crippen molar-refractivity contribution in [1.29, 1.82) is 0 Å². The van der Waals surface area contributed by atoms with Crippen molar-refractivity contribution in [2.45, 2.75) is 44.3 Å². The summed E-state index contributed by atoms with van der Waals surface area (Å²) >= 11 is 0. The maximum absolute atomic E-state index is 12.4. The van der Waals surface area contributed by atoms with Crippen LogP contribution in [-0.2, 0) is 25.0 Å². The Hall–Kier alpha value is -2.41. The first kappa shape index (κ1) is 15.1. The minimum absolute atomic E-state index is 0.115. The second-order valence-corrected chi connectivity index (χ2v) is 6.62. The summed E-state index contributed by atoms with van der Waals surface area (Å²) in [5.74, 6) is 0.942. The van der Waals surface area contributed by atoms with Gasteiger partial charge in [0.2, 0.25) is 5.89 Å². The first-order valence-electron chi connectivity index (χ1n) is 8.36. The molecule has 1 fully saturated rings. The van der Waals surface area contributed by atoms with Gasteiger partial charge < -0.3 is 20.5 Å². The van der Waals surface area contributed by atoms with Crippen LogP contribution in [0.1, 0.15) is 42.1 Å². The summed E-state index contributed by atoms with van der Waals surface area (Å²) in [4.78, 5) is 18.5. The molecule has 0 saturated heterocycles. The fourth-order valence-corrected chi connectivity index (χ4v) is 3.24. The van der Waals surface area contributed by atoms with E-state index in [0.717, 1.165) is 25.7 Å². The predicted molar refractivity (Wildman–Crippen MR) is 86.8 cm³/mol. The summed E-state index contributed by atoms with van der Waals surface area (Å²) in [7, 11) is 0. The van der Waals surface area contributed by atoms with Gasteiger partial charge in [-0.3, -0.25) is 0 Å². The molecule has 7 heteroatoms. The number of urea groups is 1. The molecule has 2 heterocycles. The van der Waals surface area contributed by atoms with E-state index < -0.39 is 5.54 Å². The summed E-state index contributed by atoms with van der Waals surface area (Å²) in [6.07, 6.45) is 3.73. The van der Waals surface area contributed by atoms with Gasteiger partial charge in [0.1, 0.15) is 0 Å². The van der Waals surface area contributed by atoms with Crippen molar-refractivity contribution in [3.8, 4) is 0 Å². The molecule has 0 spiro atoms. The third-order valence-electron chi connectivity index (χ3n) is 4.97. The standard InChI is InChI=1S/C17H21N5O2/c18-17(7-3-8-17)15-20-14(24-21-15)10-19-16(23)22-9-6-12-4-1-2-5-13(12)11-22/h1-2,4-5H,3,6-11,18H2,(H,19,23). The first-order valence-corrected chi connectivity index (χ1v) is 8.36. The second-order valence-electron chi connectivity index (χ2n) is 6.62. The van der Waals surface area contributed by atoms with Crippen LogP contribution >= 0.6 is 0 Å². The number of hydrogen-bond donors (Lipinski definition) is 2. The van der Waals surface area contributed by atoms with Gasteiger partial charge in [-0.15, -0.1) is 0 Å². The molecule has 1 saturated carbocycles. The van der Waals surface area contributed by atoms with E-state index in [4.69, 9.17) is 10.3 Å². The Morgan fingerprint density at radius 1 is 1.33 bits per heavy atom. The number of fused-ring (bicyclic) bond motifs is 1. The highest BCUT2D eigenvalue weighted by Crippen LogP contribution is 2.36. The Morgan fingerprint density at radius 2 is 2.12 bits per heavy atom. The first-order chi connectivity index (χ1) is 11.6. The van der Waals surface area contributed by atoms with E-state index >= 15 is 0 Å². The number of nitrogens with one attached hydrogen (secondary N) is 1. The van der Waals surface area contributed by atoms with Crippen molar-refractivity contribution in [2.24, 2.45) is 5.73 Å². The zero-order valence-corrected chi connectivity index (χ0v) is 13.5. The number of nitrogens with two attached hydrogens (primary N) is 1. The highest BCUT2D eigenvalue weighted by Gasteiger charge is 2.39. The summed E-state index contributed by atoms with van der Waals surface area (Å²) < 4.78 is 5.21. The van der Waals surface area contributed by atoms with E-state index in [1.807, 2.05) is 12.1 Å². The number of rotatable bonds is 3. The number of carbonyl (C=O) groups is 1.